The Bertz CT molecular complexity index is 504. The zero-order chi connectivity index (χ0) is 16.0. The van der Waals surface area contributed by atoms with Crippen molar-refractivity contribution in [3.8, 4) is 0 Å². The first-order valence-electron chi connectivity index (χ1n) is 6.50. The molecule has 0 aromatic carbocycles. The standard InChI is InChI=1S/C12H20N2O6S/c1-2-4-13(5-6-15)12(18)14(8-11(16)17)10-3-7-21(19,20)9-10/h2,10,15H,1,3-9H2,(H,16,17). The van der Waals surface area contributed by atoms with Crippen LogP contribution < -0.4 is 0 Å². The average molecular weight is 320 g/mol. The van der Waals surface area contributed by atoms with Crippen molar-refractivity contribution in [2.24, 2.45) is 0 Å². The molecule has 1 unspecified atom stereocenters. The molecule has 1 aliphatic heterocycles. The fourth-order valence-corrected chi connectivity index (χ4v) is 3.97. The summed E-state index contributed by atoms with van der Waals surface area (Å²) in [5, 5.41) is 17.9. The zero-order valence-corrected chi connectivity index (χ0v) is 12.5. The topological polar surface area (TPSA) is 115 Å². The third kappa shape index (κ3) is 5.01. The summed E-state index contributed by atoms with van der Waals surface area (Å²) >= 11 is 0. The molecule has 2 amide bonds. The van der Waals surface area contributed by atoms with E-state index in [4.69, 9.17) is 10.2 Å². The number of carbonyl (C=O) groups excluding carboxylic acids is 1. The van der Waals surface area contributed by atoms with Crippen molar-refractivity contribution in [1.82, 2.24) is 9.80 Å². The number of aliphatic carboxylic acids is 1. The Balaban J connectivity index is 2.92. The molecule has 0 saturated carbocycles. The van der Waals surface area contributed by atoms with E-state index >= 15 is 0 Å². The molecule has 120 valence electrons. The number of sulfone groups is 1. The first-order valence-corrected chi connectivity index (χ1v) is 8.32. The maximum absolute atomic E-state index is 12.4. The lowest BCUT2D eigenvalue weighted by atomic mass is 10.2. The summed E-state index contributed by atoms with van der Waals surface area (Å²) in [6, 6.07) is -1.25. The van der Waals surface area contributed by atoms with Crippen molar-refractivity contribution in [3.05, 3.63) is 12.7 Å². The summed E-state index contributed by atoms with van der Waals surface area (Å²) in [6.45, 7) is 2.83. The molecule has 1 rings (SSSR count). The van der Waals surface area contributed by atoms with Gasteiger partial charge in [0.25, 0.3) is 0 Å². The van der Waals surface area contributed by atoms with Crippen molar-refractivity contribution in [2.45, 2.75) is 12.5 Å². The predicted octanol–water partition coefficient (Wildman–Crippen LogP) is -0.840. The Morgan fingerprint density at radius 2 is 2.05 bits per heavy atom. The van der Waals surface area contributed by atoms with Crippen LogP contribution in [0.2, 0.25) is 0 Å². The summed E-state index contributed by atoms with van der Waals surface area (Å²) in [4.78, 5) is 25.6. The minimum absolute atomic E-state index is 0.0282. The molecular formula is C12H20N2O6S. The van der Waals surface area contributed by atoms with Crippen molar-refractivity contribution in [1.29, 1.82) is 0 Å². The highest BCUT2D eigenvalue weighted by Crippen LogP contribution is 2.19. The number of carboxylic acids is 1. The Kier molecular flexibility index (Phi) is 6.16. The molecule has 0 bridgehead atoms. The van der Waals surface area contributed by atoms with Crippen LogP contribution in [0.3, 0.4) is 0 Å². The van der Waals surface area contributed by atoms with Crippen LogP contribution in [0.1, 0.15) is 6.42 Å². The van der Waals surface area contributed by atoms with E-state index in [0.29, 0.717) is 0 Å². The summed E-state index contributed by atoms with van der Waals surface area (Å²) in [7, 11) is -3.23. The maximum atomic E-state index is 12.4. The number of hydrogen-bond acceptors (Lipinski definition) is 5. The Hall–Kier alpha value is -1.61. The van der Waals surface area contributed by atoms with Crippen LogP contribution in [-0.4, -0.2) is 84.2 Å². The maximum Gasteiger partial charge on any atom is 0.323 e. The summed E-state index contributed by atoms with van der Waals surface area (Å²) in [5.41, 5.74) is 0. The molecular weight excluding hydrogens is 300 g/mol. The van der Waals surface area contributed by atoms with Crippen LogP contribution in [0.25, 0.3) is 0 Å². The summed E-state index contributed by atoms with van der Waals surface area (Å²) in [6.07, 6.45) is 1.68. The molecule has 9 heteroatoms. The Labute approximate surface area is 123 Å². The van der Waals surface area contributed by atoms with Crippen LogP contribution in [-0.2, 0) is 14.6 Å². The number of hydrogen-bond donors (Lipinski definition) is 2. The molecule has 1 aliphatic rings. The van der Waals surface area contributed by atoms with Gasteiger partial charge in [-0.2, -0.15) is 0 Å². The largest absolute Gasteiger partial charge is 0.480 e. The molecule has 8 nitrogen and oxygen atoms in total. The van der Waals surface area contributed by atoms with Crippen molar-refractivity contribution >= 4 is 21.8 Å². The van der Waals surface area contributed by atoms with Crippen LogP contribution >= 0.6 is 0 Å². The van der Waals surface area contributed by atoms with Crippen molar-refractivity contribution in [3.63, 3.8) is 0 Å². The van der Waals surface area contributed by atoms with Crippen molar-refractivity contribution < 1.29 is 28.2 Å². The van der Waals surface area contributed by atoms with Gasteiger partial charge in [-0.15, -0.1) is 6.58 Å². The lowest BCUT2D eigenvalue weighted by molar-refractivity contribution is -0.138. The highest BCUT2D eigenvalue weighted by atomic mass is 32.2. The molecule has 0 aromatic rings. The number of nitrogens with zero attached hydrogens (tertiary/aromatic N) is 2. The minimum atomic E-state index is -3.23. The van der Waals surface area contributed by atoms with Gasteiger partial charge in [0, 0.05) is 19.1 Å². The Morgan fingerprint density at radius 1 is 1.38 bits per heavy atom. The lowest BCUT2D eigenvalue weighted by Crippen LogP contribution is -2.51. The number of aliphatic hydroxyl groups is 1. The van der Waals surface area contributed by atoms with E-state index in [9.17, 15) is 18.0 Å². The van der Waals surface area contributed by atoms with Crippen LogP contribution in [0, 0.1) is 0 Å². The number of rotatable bonds is 7. The minimum Gasteiger partial charge on any atom is -0.480 e. The smallest absolute Gasteiger partial charge is 0.323 e. The van der Waals surface area contributed by atoms with E-state index < -0.39 is 34.4 Å². The quantitative estimate of drug-likeness (QED) is 0.591. The molecule has 0 spiro atoms. The van der Waals surface area contributed by atoms with Gasteiger partial charge >= 0.3 is 12.0 Å². The van der Waals surface area contributed by atoms with Gasteiger partial charge in [-0.05, 0) is 6.42 Å². The number of carbonyl (C=O) groups is 2. The van der Waals surface area contributed by atoms with Crippen LogP contribution in [0.4, 0.5) is 4.79 Å². The number of aliphatic hydroxyl groups excluding tert-OH is 1. The molecule has 0 aliphatic carbocycles. The highest BCUT2D eigenvalue weighted by Gasteiger charge is 2.37. The van der Waals surface area contributed by atoms with Gasteiger partial charge in [-0.25, -0.2) is 13.2 Å². The molecule has 1 heterocycles. The number of carboxylic acid groups (broad SMARTS) is 1. The van der Waals surface area contributed by atoms with E-state index in [1.807, 2.05) is 0 Å². The number of amides is 2. The van der Waals surface area contributed by atoms with Gasteiger partial charge in [0.05, 0.1) is 18.1 Å². The highest BCUT2D eigenvalue weighted by molar-refractivity contribution is 7.91. The molecule has 1 atom stereocenters. The lowest BCUT2D eigenvalue weighted by Gasteiger charge is -2.32. The normalized spacial score (nSPS) is 20.0. The van der Waals surface area contributed by atoms with Gasteiger partial charge in [0.15, 0.2) is 9.84 Å². The first-order chi connectivity index (χ1) is 9.80. The molecule has 2 N–H and O–H groups in total. The van der Waals surface area contributed by atoms with E-state index in [0.717, 1.165) is 4.90 Å². The summed E-state index contributed by atoms with van der Waals surface area (Å²) in [5.74, 6) is -1.49. The average Bonchev–Trinajstić information content (AvgIpc) is 2.75. The van der Waals surface area contributed by atoms with Crippen molar-refractivity contribution in [2.75, 3.05) is 37.7 Å². The van der Waals surface area contributed by atoms with E-state index in [1.165, 1.54) is 11.0 Å². The fourth-order valence-electron chi connectivity index (χ4n) is 2.24. The third-order valence-electron chi connectivity index (χ3n) is 3.19. The SMILES string of the molecule is C=CCN(CCO)C(=O)N(CC(=O)O)C1CCS(=O)(=O)C1. The monoisotopic (exact) mass is 320 g/mol. The van der Waals surface area contributed by atoms with E-state index in [-0.39, 0.29) is 37.6 Å². The number of urea groups is 1. The first kappa shape index (κ1) is 17.4. The fraction of sp³-hybridized carbons (Fsp3) is 0.667. The molecule has 21 heavy (non-hydrogen) atoms. The zero-order valence-electron chi connectivity index (χ0n) is 11.6. The molecule has 1 saturated heterocycles. The molecule has 0 radical (unpaired) electrons. The van der Waals surface area contributed by atoms with E-state index in [2.05, 4.69) is 6.58 Å². The third-order valence-corrected chi connectivity index (χ3v) is 4.94. The second-order valence-corrected chi connectivity index (χ2v) is 7.05. The van der Waals surface area contributed by atoms with Crippen LogP contribution in [0.15, 0.2) is 12.7 Å². The Morgan fingerprint density at radius 3 is 2.48 bits per heavy atom. The molecule has 0 aromatic heterocycles. The second kappa shape index (κ2) is 7.41. The molecule has 1 fully saturated rings. The summed E-state index contributed by atoms with van der Waals surface area (Å²) < 4.78 is 23.0. The van der Waals surface area contributed by atoms with Gasteiger partial charge < -0.3 is 20.0 Å². The van der Waals surface area contributed by atoms with Gasteiger partial charge in [0.2, 0.25) is 0 Å². The van der Waals surface area contributed by atoms with E-state index in [1.54, 1.807) is 0 Å². The predicted molar refractivity (Wildman–Crippen MR) is 75.7 cm³/mol. The van der Waals surface area contributed by atoms with Gasteiger partial charge in [-0.3, -0.25) is 4.79 Å². The van der Waals surface area contributed by atoms with Gasteiger partial charge in [-0.1, -0.05) is 6.08 Å². The van der Waals surface area contributed by atoms with Crippen LogP contribution in [0.5, 0.6) is 0 Å². The van der Waals surface area contributed by atoms with Gasteiger partial charge in [0.1, 0.15) is 6.54 Å². The second-order valence-electron chi connectivity index (χ2n) is 4.82.